The van der Waals surface area contributed by atoms with Gasteiger partial charge in [0.1, 0.15) is 11.6 Å². The number of anilines is 2. The van der Waals surface area contributed by atoms with Gasteiger partial charge < -0.3 is 15.3 Å². The van der Waals surface area contributed by atoms with E-state index in [9.17, 15) is 18.3 Å². The number of hydrogen-bond donors (Lipinski definition) is 2. The highest BCUT2D eigenvalue weighted by Gasteiger charge is 2.37. The zero-order valence-corrected chi connectivity index (χ0v) is 11.3. The van der Waals surface area contributed by atoms with Crippen LogP contribution in [0.1, 0.15) is 19.2 Å². The minimum atomic E-state index is -4.60. The molecule has 0 spiro atoms. The van der Waals surface area contributed by atoms with Crippen molar-refractivity contribution in [2.24, 2.45) is 5.92 Å². The standard InChI is InChI=1S/C12H17F3N4O/c1-7-3-4-19(8(7)6-20)10-5-9(16-2)17-11(18-10)12(13,14)15/h5,7-8,20H,3-4,6H2,1-2H3,(H,16,17,18). The Morgan fingerprint density at radius 2 is 2.15 bits per heavy atom. The van der Waals surface area contributed by atoms with Crippen LogP contribution in [0.3, 0.4) is 0 Å². The molecule has 0 amide bonds. The van der Waals surface area contributed by atoms with E-state index in [1.165, 1.54) is 13.1 Å². The largest absolute Gasteiger partial charge is 0.451 e. The van der Waals surface area contributed by atoms with Crippen molar-refractivity contribution in [3.63, 3.8) is 0 Å². The summed E-state index contributed by atoms with van der Waals surface area (Å²) < 4.78 is 38.4. The number of nitrogens with zero attached hydrogens (tertiary/aromatic N) is 3. The summed E-state index contributed by atoms with van der Waals surface area (Å²) in [6, 6.07) is 1.26. The first-order valence-electron chi connectivity index (χ1n) is 6.38. The molecule has 20 heavy (non-hydrogen) atoms. The van der Waals surface area contributed by atoms with Crippen molar-refractivity contribution >= 4 is 11.6 Å². The van der Waals surface area contributed by atoms with Crippen LogP contribution in [-0.4, -0.2) is 41.3 Å². The fourth-order valence-corrected chi connectivity index (χ4v) is 2.41. The quantitative estimate of drug-likeness (QED) is 0.888. The molecule has 0 bridgehead atoms. The third kappa shape index (κ3) is 2.79. The molecule has 2 unspecified atom stereocenters. The molecule has 0 aliphatic carbocycles. The molecule has 1 fully saturated rings. The number of aliphatic hydroxyl groups excluding tert-OH is 1. The lowest BCUT2D eigenvalue weighted by Crippen LogP contribution is -2.36. The molecule has 2 atom stereocenters. The van der Waals surface area contributed by atoms with Gasteiger partial charge in [-0.2, -0.15) is 13.2 Å². The molecule has 2 N–H and O–H groups in total. The summed E-state index contributed by atoms with van der Waals surface area (Å²) in [5.41, 5.74) is 0. The average molecular weight is 290 g/mol. The third-order valence-corrected chi connectivity index (χ3v) is 3.59. The van der Waals surface area contributed by atoms with E-state index in [0.717, 1.165) is 6.42 Å². The SMILES string of the molecule is CNc1cc(N2CCC(C)C2CO)nc(C(F)(F)F)n1. The van der Waals surface area contributed by atoms with Gasteiger partial charge in [0.15, 0.2) is 0 Å². The molecule has 1 aromatic rings. The molecule has 1 aliphatic heterocycles. The predicted octanol–water partition coefficient (Wildman–Crippen LogP) is 1.74. The van der Waals surface area contributed by atoms with Gasteiger partial charge in [0.05, 0.1) is 12.6 Å². The average Bonchev–Trinajstić information content (AvgIpc) is 2.78. The van der Waals surface area contributed by atoms with Crippen LogP contribution in [0.4, 0.5) is 24.8 Å². The smallest absolute Gasteiger partial charge is 0.394 e. The van der Waals surface area contributed by atoms with Crippen molar-refractivity contribution in [2.75, 3.05) is 30.4 Å². The number of aliphatic hydroxyl groups is 1. The second-order valence-corrected chi connectivity index (χ2v) is 4.89. The van der Waals surface area contributed by atoms with E-state index in [-0.39, 0.29) is 30.2 Å². The summed E-state index contributed by atoms with van der Waals surface area (Å²) in [6.07, 6.45) is -3.78. The Labute approximate surface area is 114 Å². The first-order chi connectivity index (χ1) is 9.36. The topological polar surface area (TPSA) is 61.3 Å². The third-order valence-electron chi connectivity index (χ3n) is 3.59. The number of nitrogens with one attached hydrogen (secondary N) is 1. The molecule has 0 aromatic carbocycles. The molecule has 5 nitrogen and oxygen atoms in total. The Morgan fingerprint density at radius 1 is 1.45 bits per heavy atom. The van der Waals surface area contributed by atoms with Crippen molar-refractivity contribution in [3.8, 4) is 0 Å². The maximum atomic E-state index is 12.8. The summed E-state index contributed by atoms with van der Waals surface area (Å²) in [5, 5.41) is 12.0. The van der Waals surface area contributed by atoms with Gasteiger partial charge in [0.2, 0.25) is 5.82 Å². The summed E-state index contributed by atoms with van der Waals surface area (Å²) >= 11 is 0. The zero-order valence-electron chi connectivity index (χ0n) is 11.3. The van der Waals surface area contributed by atoms with Gasteiger partial charge in [-0.3, -0.25) is 0 Å². The van der Waals surface area contributed by atoms with Crippen LogP contribution in [-0.2, 0) is 6.18 Å². The van der Waals surface area contributed by atoms with Crippen molar-refractivity contribution in [1.82, 2.24) is 9.97 Å². The van der Waals surface area contributed by atoms with E-state index in [0.29, 0.717) is 6.54 Å². The van der Waals surface area contributed by atoms with Gasteiger partial charge in [-0.25, -0.2) is 9.97 Å². The second kappa shape index (κ2) is 5.43. The van der Waals surface area contributed by atoms with E-state index in [2.05, 4.69) is 15.3 Å². The van der Waals surface area contributed by atoms with Crippen LogP contribution in [0.5, 0.6) is 0 Å². The Bertz CT molecular complexity index is 480. The van der Waals surface area contributed by atoms with Crippen LogP contribution in [0.2, 0.25) is 0 Å². The normalized spacial score (nSPS) is 23.2. The highest BCUT2D eigenvalue weighted by molar-refractivity contribution is 5.51. The summed E-state index contributed by atoms with van der Waals surface area (Å²) in [5.74, 6) is -0.656. The van der Waals surface area contributed by atoms with E-state index in [1.54, 1.807) is 4.90 Å². The van der Waals surface area contributed by atoms with Crippen molar-refractivity contribution in [3.05, 3.63) is 11.9 Å². The minimum Gasteiger partial charge on any atom is -0.394 e. The van der Waals surface area contributed by atoms with Gasteiger partial charge in [-0.05, 0) is 12.3 Å². The van der Waals surface area contributed by atoms with Crippen LogP contribution >= 0.6 is 0 Å². The van der Waals surface area contributed by atoms with Crippen molar-refractivity contribution in [2.45, 2.75) is 25.6 Å². The second-order valence-electron chi connectivity index (χ2n) is 4.89. The Morgan fingerprint density at radius 3 is 2.70 bits per heavy atom. The molecule has 8 heteroatoms. The zero-order chi connectivity index (χ0) is 14.9. The van der Waals surface area contributed by atoms with E-state index < -0.39 is 12.0 Å². The highest BCUT2D eigenvalue weighted by atomic mass is 19.4. The van der Waals surface area contributed by atoms with Gasteiger partial charge in [-0.1, -0.05) is 6.92 Å². The van der Waals surface area contributed by atoms with Crippen LogP contribution in [0, 0.1) is 5.92 Å². The van der Waals surface area contributed by atoms with Crippen molar-refractivity contribution < 1.29 is 18.3 Å². The van der Waals surface area contributed by atoms with Gasteiger partial charge in [0.25, 0.3) is 0 Å². The fraction of sp³-hybridized carbons (Fsp3) is 0.667. The predicted molar refractivity (Wildman–Crippen MR) is 68.6 cm³/mol. The van der Waals surface area contributed by atoms with Gasteiger partial charge >= 0.3 is 6.18 Å². The molecule has 2 rings (SSSR count). The number of aromatic nitrogens is 2. The number of rotatable bonds is 3. The number of halogens is 3. The minimum absolute atomic E-state index is 0.110. The van der Waals surface area contributed by atoms with E-state index >= 15 is 0 Å². The van der Waals surface area contributed by atoms with Gasteiger partial charge in [0, 0.05) is 19.7 Å². The monoisotopic (exact) mass is 290 g/mol. The molecule has 2 heterocycles. The number of alkyl halides is 3. The maximum Gasteiger partial charge on any atom is 0.451 e. The van der Waals surface area contributed by atoms with E-state index in [4.69, 9.17) is 0 Å². The lowest BCUT2D eigenvalue weighted by atomic mass is 10.0. The molecular weight excluding hydrogens is 273 g/mol. The molecule has 112 valence electrons. The van der Waals surface area contributed by atoms with Crippen LogP contribution < -0.4 is 10.2 Å². The summed E-state index contributed by atoms with van der Waals surface area (Å²) in [4.78, 5) is 8.74. The van der Waals surface area contributed by atoms with E-state index in [1.807, 2.05) is 6.92 Å². The highest BCUT2D eigenvalue weighted by Crippen LogP contribution is 2.33. The first-order valence-corrected chi connectivity index (χ1v) is 6.38. The molecule has 1 saturated heterocycles. The Hall–Kier alpha value is -1.57. The molecule has 0 saturated carbocycles. The molecule has 1 aromatic heterocycles. The summed E-state index contributed by atoms with van der Waals surface area (Å²) in [6.45, 7) is 2.43. The Balaban J connectivity index is 2.41. The van der Waals surface area contributed by atoms with Crippen LogP contribution in [0.25, 0.3) is 0 Å². The maximum absolute atomic E-state index is 12.8. The molecule has 1 aliphatic rings. The van der Waals surface area contributed by atoms with Crippen LogP contribution in [0.15, 0.2) is 6.07 Å². The summed E-state index contributed by atoms with van der Waals surface area (Å²) in [7, 11) is 1.50. The molecular formula is C12H17F3N4O. The first kappa shape index (κ1) is 14.8. The fourth-order valence-electron chi connectivity index (χ4n) is 2.41. The lowest BCUT2D eigenvalue weighted by molar-refractivity contribution is -0.144. The molecule has 0 radical (unpaired) electrons. The van der Waals surface area contributed by atoms with Gasteiger partial charge in [-0.15, -0.1) is 0 Å². The van der Waals surface area contributed by atoms with Crippen molar-refractivity contribution in [1.29, 1.82) is 0 Å². The Kier molecular flexibility index (Phi) is 4.03. The number of hydrogen-bond acceptors (Lipinski definition) is 5. The lowest BCUT2D eigenvalue weighted by Gasteiger charge is -2.27.